The molecule has 0 unspecified atom stereocenters. The van der Waals surface area contributed by atoms with Crippen LogP contribution in [0.3, 0.4) is 0 Å². The summed E-state index contributed by atoms with van der Waals surface area (Å²) in [5.74, 6) is 3.46. The molecule has 0 radical (unpaired) electrons. The van der Waals surface area contributed by atoms with E-state index in [9.17, 15) is 0 Å². The largest absolute Gasteiger partial charge is 0.370 e. The van der Waals surface area contributed by atoms with E-state index >= 15 is 0 Å². The Bertz CT molecular complexity index is 448. The van der Waals surface area contributed by atoms with E-state index in [1.165, 1.54) is 37.7 Å². The van der Waals surface area contributed by atoms with Crippen LogP contribution in [0, 0.1) is 6.92 Å². The lowest BCUT2D eigenvalue weighted by Crippen LogP contribution is -2.29. The molecule has 0 spiro atoms. The third-order valence-corrected chi connectivity index (χ3v) is 4.15. The summed E-state index contributed by atoms with van der Waals surface area (Å²) >= 11 is 0. The highest BCUT2D eigenvalue weighted by Crippen LogP contribution is 2.27. The van der Waals surface area contributed by atoms with Gasteiger partial charge in [-0.3, -0.25) is 0 Å². The van der Waals surface area contributed by atoms with Crippen molar-refractivity contribution in [3.05, 3.63) is 11.4 Å². The van der Waals surface area contributed by atoms with Crippen LogP contribution >= 0.6 is 0 Å². The van der Waals surface area contributed by atoms with Crippen molar-refractivity contribution in [2.75, 3.05) is 29.9 Å². The molecule has 1 saturated heterocycles. The van der Waals surface area contributed by atoms with Crippen LogP contribution in [0.15, 0.2) is 0 Å². The van der Waals surface area contributed by atoms with Crippen LogP contribution in [0.2, 0.25) is 0 Å². The SMILES string of the molecule is CCNc1nc(C(C)C)nc(N2CCCCCCC2)c1C. The van der Waals surface area contributed by atoms with Gasteiger partial charge in [0.25, 0.3) is 0 Å². The summed E-state index contributed by atoms with van der Waals surface area (Å²) in [5.41, 5.74) is 1.20. The number of nitrogens with one attached hydrogen (secondary N) is 1. The zero-order valence-corrected chi connectivity index (χ0v) is 14.1. The van der Waals surface area contributed by atoms with Gasteiger partial charge >= 0.3 is 0 Å². The molecule has 0 saturated carbocycles. The second kappa shape index (κ2) is 7.62. The second-order valence-electron chi connectivity index (χ2n) is 6.32. The van der Waals surface area contributed by atoms with E-state index < -0.39 is 0 Å². The van der Waals surface area contributed by atoms with Crippen molar-refractivity contribution in [2.24, 2.45) is 0 Å². The smallest absolute Gasteiger partial charge is 0.137 e. The van der Waals surface area contributed by atoms with Crippen molar-refractivity contribution < 1.29 is 0 Å². The third kappa shape index (κ3) is 4.08. The number of aromatic nitrogens is 2. The lowest BCUT2D eigenvalue weighted by Gasteiger charge is -2.28. The van der Waals surface area contributed by atoms with Crippen LogP contribution in [0.4, 0.5) is 11.6 Å². The van der Waals surface area contributed by atoms with E-state index in [1.54, 1.807) is 0 Å². The zero-order chi connectivity index (χ0) is 15.2. The third-order valence-electron chi connectivity index (χ3n) is 4.15. The van der Waals surface area contributed by atoms with Gasteiger partial charge in [0.15, 0.2) is 0 Å². The predicted molar refractivity (Wildman–Crippen MR) is 90.3 cm³/mol. The van der Waals surface area contributed by atoms with Crippen LogP contribution in [0.5, 0.6) is 0 Å². The highest BCUT2D eigenvalue weighted by molar-refractivity contribution is 5.58. The molecule has 0 aliphatic carbocycles. The van der Waals surface area contributed by atoms with Crippen molar-refractivity contribution in [1.29, 1.82) is 0 Å². The van der Waals surface area contributed by atoms with Gasteiger partial charge in [-0.15, -0.1) is 0 Å². The topological polar surface area (TPSA) is 41.1 Å². The molecule has 1 fully saturated rings. The van der Waals surface area contributed by atoms with Crippen molar-refractivity contribution in [3.8, 4) is 0 Å². The quantitative estimate of drug-likeness (QED) is 0.906. The Balaban J connectivity index is 2.34. The van der Waals surface area contributed by atoms with E-state index in [2.05, 4.69) is 37.9 Å². The van der Waals surface area contributed by atoms with Gasteiger partial charge < -0.3 is 10.2 Å². The van der Waals surface area contributed by atoms with Crippen LogP contribution in [-0.2, 0) is 0 Å². The Kier molecular flexibility index (Phi) is 5.83. The Morgan fingerprint density at radius 1 is 1.05 bits per heavy atom. The molecule has 1 N–H and O–H groups in total. The van der Waals surface area contributed by atoms with Crippen LogP contribution < -0.4 is 10.2 Å². The number of hydrogen-bond acceptors (Lipinski definition) is 4. The first kappa shape index (κ1) is 16.1. The molecule has 0 bridgehead atoms. The minimum Gasteiger partial charge on any atom is -0.370 e. The summed E-state index contributed by atoms with van der Waals surface area (Å²) in [4.78, 5) is 12.1. The monoisotopic (exact) mass is 290 g/mol. The van der Waals surface area contributed by atoms with Crippen molar-refractivity contribution >= 4 is 11.6 Å². The summed E-state index contributed by atoms with van der Waals surface area (Å²) in [5, 5.41) is 3.40. The molecule has 0 amide bonds. The summed E-state index contributed by atoms with van der Waals surface area (Å²) in [6.07, 6.45) is 6.62. The summed E-state index contributed by atoms with van der Waals surface area (Å²) in [7, 11) is 0. The van der Waals surface area contributed by atoms with Crippen LogP contribution in [0.1, 0.15) is 70.2 Å². The molecule has 4 heteroatoms. The first-order valence-electron chi connectivity index (χ1n) is 8.50. The molecule has 0 aromatic carbocycles. The van der Waals surface area contributed by atoms with Gasteiger partial charge in [0.1, 0.15) is 17.5 Å². The first-order valence-corrected chi connectivity index (χ1v) is 8.50. The first-order chi connectivity index (χ1) is 10.1. The average Bonchev–Trinajstić information content (AvgIpc) is 2.41. The minimum atomic E-state index is 0.358. The maximum absolute atomic E-state index is 4.89. The normalized spacial score (nSPS) is 16.7. The maximum Gasteiger partial charge on any atom is 0.137 e. The van der Waals surface area contributed by atoms with Gasteiger partial charge in [-0.05, 0) is 26.7 Å². The standard InChI is InChI=1S/C17H30N4/c1-5-18-16-14(4)17(20-15(19-16)13(2)3)21-11-9-7-6-8-10-12-21/h13H,5-12H2,1-4H3,(H,18,19,20). The predicted octanol–water partition coefficient (Wildman–Crippen LogP) is 4.11. The maximum atomic E-state index is 4.89. The molecular weight excluding hydrogens is 260 g/mol. The average molecular weight is 290 g/mol. The number of rotatable bonds is 4. The van der Waals surface area contributed by atoms with E-state index in [-0.39, 0.29) is 0 Å². The van der Waals surface area contributed by atoms with Gasteiger partial charge in [0, 0.05) is 31.1 Å². The Morgan fingerprint density at radius 3 is 2.24 bits per heavy atom. The number of hydrogen-bond donors (Lipinski definition) is 1. The van der Waals surface area contributed by atoms with Gasteiger partial charge in [-0.25, -0.2) is 9.97 Å². The van der Waals surface area contributed by atoms with E-state index in [1.807, 2.05) is 0 Å². The second-order valence-corrected chi connectivity index (χ2v) is 6.32. The van der Waals surface area contributed by atoms with Crippen LogP contribution in [-0.4, -0.2) is 29.6 Å². The van der Waals surface area contributed by atoms with Crippen molar-refractivity contribution in [1.82, 2.24) is 9.97 Å². The van der Waals surface area contributed by atoms with Gasteiger partial charge in [-0.1, -0.05) is 33.1 Å². The molecule has 21 heavy (non-hydrogen) atoms. The van der Waals surface area contributed by atoms with Gasteiger partial charge in [-0.2, -0.15) is 0 Å². The van der Waals surface area contributed by atoms with E-state index in [4.69, 9.17) is 9.97 Å². The van der Waals surface area contributed by atoms with Crippen molar-refractivity contribution in [3.63, 3.8) is 0 Å². The van der Waals surface area contributed by atoms with E-state index in [0.29, 0.717) is 5.92 Å². The van der Waals surface area contributed by atoms with Gasteiger partial charge in [0.05, 0.1) is 0 Å². The molecular formula is C17H30N4. The fraction of sp³-hybridized carbons (Fsp3) is 0.765. The zero-order valence-electron chi connectivity index (χ0n) is 14.1. The lowest BCUT2D eigenvalue weighted by atomic mass is 10.1. The number of anilines is 2. The number of nitrogens with zero attached hydrogens (tertiary/aromatic N) is 3. The highest BCUT2D eigenvalue weighted by atomic mass is 15.2. The molecule has 2 heterocycles. The molecule has 1 aromatic heterocycles. The molecule has 2 rings (SSSR count). The fourth-order valence-corrected chi connectivity index (χ4v) is 2.89. The molecule has 1 aromatic rings. The summed E-state index contributed by atoms with van der Waals surface area (Å²) in [6, 6.07) is 0. The minimum absolute atomic E-state index is 0.358. The molecule has 1 aliphatic rings. The molecule has 1 aliphatic heterocycles. The van der Waals surface area contributed by atoms with Gasteiger partial charge in [0.2, 0.25) is 0 Å². The molecule has 118 valence electrons. The van der Waals surface area contributed by atoms with Crippen molar-refractivity contribution in [2.45, 2.75) is 65.7 Å². The summed E-state index contributed by atoms with van der Waals surface area (Å²) in [6.45, 7) is 11.7. The Labute approximate surface area is 129 Å². The lowest BCUT2D eigenvalue weighted by molar-refractivity contribution is 0.552. The summed E-state index contributed by atoms with van der Waals surface area (Å²) < 4.78 is 0. The molecule has 0 atom stereocenters. The van der Waals surface area contributed by atoms with E-state index in [0.717, 1.165) is 37.1 Å². The highest BCUT2D eigenvalue weighted by Gasteiger charge is 2.18. The Morgan fingerprint density at radius 2 is 1.67 bits per heavy atom. The van der Waals surface area contributed by atoms with Crippen LogP contribution in [0.25, 0.3) is 0 Å². The fourth-order valence-electron chi connectivity index (χ4n) is 2.89. The Hall–Kier alpha value is -1.32. The molecule has 4 nitrogen and oxygen atoms in total.